The number of fused-ring (bicyclic) bond motifs is 15. The molecule has 0 N–H and O–H groups in total. The minimum atomic E-state index is -0.106. The van der Waals surface area contributed by atoms with Crippen LogP contribution in [0.5, 0.6) is 0 Å². The van der Waals surface area contributed by atoms with Crippen LogP contribution in [-0.4, -0.2) is 0 Å². The SMILES string of the molecule is CC1(C)c2ccccc2-c2ccc(-c3c4ccccc4c(-c4ccc5c(c4)C(C)(C)c4ccccc4-5)c4cc(-c5ccc(-c6ccc(-c7cccc8ccccc78)cc6)cc5)ccc34)cc21.c1ccc(-c2ccc(-c3c4ccccc4c(-c4ccc5c(-c6cccc7ccccc67)c6ccccc6c(-c6cccc7ccccc67)c5c4)c4ccccc34)cc2)cc1. The number of hydrogen-bond acceptors (Lipinski definition) is 0. The molecule has 126 heavy (non-hydrogen) atoms. The van der Waals surface area contributed by atoms with Crippen LogP contribution in [0.3, 0.4) is 0 Å². The summed E-state index contributed by atoms with van der Waals surface area (Å²) in [5.41, 5.74) is 35.7. The van der Waals surface area contributed by atoms with Gasteiger partial charge in [0.2, 0.25) is 0 Å². The summed E-state index contributed by atoms with van der Waals surface area (Å²) in [6, 6.07) is 167. The first-order chi connectivity index (χ1) is 62.0. The van der Waals surface area contributed by atoms with E-state index in [0.29, 0.717) is 0 Å². The second kappa shape index (κ2) is 29.6. The topological polar surface area (TPSA) is 0 Å². The highest BCUT2D eigenvalue weighted by atomic mass is 14.4. The van der Waals surface area contributed by atoms with Gasteiger partial charge in [-0.05, 0) is 277 Å². The molecule has 2 aliphatic carbocycles. The quantitative estimate of drug-likeness (QED) is 0.120. The molecule has 2 aliphatic rings. The van der Waals surface area contributed by atoms with Crippen molar-refractivity contribution in [2.45, 2.75) is 38.5 Å². The molecule has 0 heterocycles. The molecule has 0 atom stereocenters. The lowest BCUT2D eigenvalue weighted by Gasteiger charge is -2.24. The summed E-state index contributed by atoms with van der Waals surface area (Å²) < 4.78 is 0. The molecule has 23 aromatic rings. The van der Waals surface area contributed by atoms with Crippen molar-refractivity contribution in [2.24, 2.45) is 0 Å². The van der Waals surface area contributed by atoms with E-state index in [1.807, 2.05) is 0 Å². The van der Waals surface area contributed by atoms with Crippen molar-refractivity contribution in [1.29, 1.82) is 0 Å². The Morgan fingerprint density at radius 2 is 0.357 bits per heavy atom. The molecule has 0 radical (unpaired) electrons. The van der Waals surface area contributed by atoms with Gasteiger partial charge in [-0.1, -0.05) is 452 Å². The second-order valence-electron chi connectivity index (χ2n) is 35.5. The maximum atomic E-state index is 2.50. The Labute approximate surface area is 734 Å². The number of hydrogen-bond donors (Lipinski definition) is 0. The lowest BCUT2D eigenvalue weighted by atomic mass is 9.79. The van der Waals surface area contributed by atoms with Crippen LogP contribution in [0.25, 0.3) is 230 Å². The van der Waals surface area contributed by atoms with E-state index in [0.717, 1.165) is 0 Å². The van der Waals surface area contributed by atoms with E-state index in [1.165, 1.54) is 253 Å². The molecule has 590 valence electrons. The van der Waals surface area contributed by atoms with Crippen LogP contribution in [0.15, 0.2) is 449 Å². The number of benzene rings is 23. The van der Waals surface area contributed by atoms with Gasteiger partial charge in [-0.2, -0.15) is 0 Å². The standard InChI is InChI=1S/C66H48.C60H38/c1-65(2)59-22-11-9-17-51(59)53-35-33-47(39-61(53)65)63-55-19-7-8-20-56(55)64(48-34-36-54-52-18-10-12-23-60(52)66(3,4)62(54)40-48)58-38-46(32-37-57(58)63)43-26-24-41(25-27-43)42-28-30-45(31-29-42)50-21-13-15-44-14-5-6-16-49(44)50;1-2-16-39(17-3-1)40-32-34-43(35-33-40)57-49-24-8-10-26-51(49)58(52-27-11-9-25-50(52)57)44-36-37-55-56(38-44)60(48-31-15-21-42-19-5-7-23-46(42)48)54-29-13-12-28-53(54)59(55)47-30-14-20-41-18-4-6-22-45(41)47/h5-40H,1-4H3;1-38H. The number of rotatable bonds is 10. The minimum absolute atomic E-state index is 0.0968. The predicted octanol–water partition coefficient (Wildman–Crippen LogP) is 35.0. The minimum Gasteiger partial charge on any atom is -0.0622 e. The molecule has 0 heteroatoms. The van der Waals surface area contributed by atoms with Crippen molar-refractivity contribution in [3.8, 4) is 134 Å². The van der Waals surface area contributed by atoms with Crippen LogP contribution >= 0.6 is 0 Å². The highest BCUT2D eigenvalue weighted by molar-refractivity contribution is 6.28. The van der Waals surface area contributed by atoms with E-state index >= 15 is 0 Å². The Kier molecular flexibility index (Phi) is 17.4. The van der Waals surface area contributed by atoms with Gasteiger partial charge in [-0.25, -0.2) is 0 Å². The van der Waals surface area contributed by atoms with Crippen LogP contribution in [-0.2, 0) is 10.8 Å². The zero-order chi connectivity index (χ0) is 83.9. The van der Waals surface area contributed by atoms with Crippen molar-refractivity contribution < 1.29 is 0 Å². The normalized spacial score (nSPS) is 12.9. The Morgan fingerprint density at radius 3 is 0.802 bits per heavy atom. The fraction of sp³-hybridized carbons (Fsp3) is 0.0476. The highest BCUT2D eigenvalue weighted by Gasteiger charge is 2.38. The summed E-state index contributed by atoms with van der Waals surface area (Å²) in [4.78, 5) is 0. The largest absolute Gasteiger partial charge is 0.0622 e. The summed E-state index contributed by atoms with van der Waals surface area (Å²) in [7, 11) is 0. The molecule has 0 saturated carbocycles. The Morgan fingerprint density at radius 1 is 0.119 bits per heavy atom. The molecule has 0 spiro atoms. The molecule has 0 aliphatic heterocycles. The van der Waals surface area contributed by atoms with Crippen LogP contribution in [0.4, 0.5) is 0 Å². The van der Waals surface area contributed by atoms with Gasteiger partial charge < -0.3 is 0 Å². The van der Waals surface area contributed by atoms with E-state index in [1.54, 1.807) is 0 Å². The van der Waals surface area contributed by atoms with Crippen molar-refractivity contribution >= 4 is 97.0 Å². The first-order valence-electron chi connectivity index (χ1n) is 44.3. The highest BCUT2D eigenvalue weighted by Crippen LogP contribution is 2.56. The fourth-order valence-corrected chi connectivity index (χ4v) is 21.9. The van der Waals surface area contributed by atoms with Gasteiger partial charge >= 0.3 is 0 Å². The Hall–Kier alpha value is -15.6. The average molecular weight is 1600 g/mol. The van der Waals surface area contributed by atoms with Gasteiger partial charge in [0, 0.05) is 10.8 Å². The third-order valence-corrected chi connectivity index (χ3v) is 27.9. The third-order valence-electron chi connectivity index (χ3n) is 27.9. The van der Waals surface area contributed by atoms with E-state index in [2.05, 4.69) is 477 Å². The molecule has 23 aromatic carbocycles. The lowest BCUT2D eigenvalue weighted by Crippen LogP contribution is -2.15. The Bertz CT molecular complexity index is 8330. The smallest absolute Gasteiger partial charge is 0.0159 e. The molecule has 0 saturated heterocycles. The van der Waals surface area contributed by atoms with Crippen molar-refractivity contribution in [2.75, 3.05) is 0 Å². The third kappa shape index (κ3) is 12.0. The van der Waals surface area contributed by atoms with Gasteiger partial charge in [-0.15, -0.1) is 0 Å². The maximum absolute atomic E-state index is 2.50. The van der Waals surface area contributed by atoms with Gasteiger partial charge in [-0.3, -0.25) is 0 Å². The molecule has 0 nitrogen and oxygen atoms in total. The molecule has 0 aromatic heterocycles. The van der Waals surface area contributed by atoms with E-state index in [-0.39, 0.29) is 10.8 Å². The summed E-state index contributed by atoms with van der Waals surface area (Å²) in [6.45, 7) is 9.53. The van der Waals surface area contributed by atoms with Crippen LogP contribution in [0.1, 0.15) is 49.9 Å². The van der Waals surface area contributed by atoms with E-state index in [9.17, 15) is 0 Å². The van der Waals surface area contributed by atoms with Crippen LogP contribution < -0.4 is 0 Å². The van der Waals surface area contributed by atoms with E-state index < -0.39 is 0 Å². The summed E-state index contributed by atoms with van der Waals surface area (Å²) >= 11 is 0. The fourth-order valence-electron chi connectivity index (χ4n) is 21.9. The first-order valence-corrected chi connectivity index (χ1v) is 44.3. The summed E-state index contributed by atoms with van der Waals surface area (Å²) in [5, 5.41) is 22.7. The molecule has 0 bridgehead atoms. The van der Waals surface area contributed by atoms with Crippen molar-refractivity contribution in [3.63, 3.8) is 0 Å². The zero-order valence-corrected chi connectivity index (χ0v) is 70.7. The van der Waals surface area contributed by atoms with Crippen LogP contribution in [0.2, 0.25) is 0 Å². The first kappa shape index (κ1) is 74.2. The molecule has 25 rings (SSSR count). The molecular formula is C126H86. The van der Waals surface area contributed by atoms with Gasteiger partial charge in [0.25, 0.3) is 0 Å². The van der Waals surface area contributed by atoms with Gasteiger partial charge in [0.15, 0.2) is 0 Å². The average Bonchev–Trinajstić information content (AvgIpc) is 1.02. The van der Waals surface area contributed by atoms with E-state index in [4.69, 9.17) is 0 Å². The monoisotopic (exact) mass is 1600 g/mol. The van der Waals surface area contributed by atoms with Crippen LogP contribution in [0, 0.1) is 0 Å². The maximum Gasteiger partial charge on any atom is 0.0159 e. The zero-order valence-electron chi connectivity index (χ0n) is 70.7. The summed E-state index contributed by atoms with van der Waals surface area (Å²) in [5.74, 6) is 0. The molecule has 0 fully saturated rings. The molecule has 0 amide bonds. The molecule has 0 unspecified atom stereocenters. The predicted molar refractivity (Wildman–Crippen MR) is 540 cm³/mol. The van der Waals surface area contributed by atoms with Crippen molar-refractivity contribution in [3.05, 3.63) is 471 Å². The van der Waals surface area contributed by atoms with Crippen molar-refractivity contribution in [1.82, 2.24) is 0 Å². The van der Waals surface area contributed by atoms with Gasteiger partial charge in [0.05, 0.1) is 0 Å². The Balaban J connectivity index is 0.000000142. The summed E-state index contributed by atoms with van der Waals surface area (Å²) in [6.07, 6.45) is 0. The van der Waals surface area contributed by atoms with Gasteiger partial charge in [0.1, 0.15) is 0 Å². The second-order valence-corrected chi connectivity index (χ2v) is 35.5. The molecular weight excluding hydrogens is 1510 g/mol. The lowest BCUT2D eigenvalue weighted by molar-refractivity contribution is 0.660.